The molecule has 2 rings (SSSR count). The Morgan fingerprint density at radius 1 is 1.00 bits per heavy atom. The van der Waals surface area contributed by atoms with Crippen molar-refractivity contribution in [2.45, 2.75) is 46.2 Å². The summed E-state index contributed by atoms with van der Waals surface area (Å²) in [7, 11) is 0. The predicted molar refractivity (Wildman–Crippen MR) is 88.5 cm³/mol. The molecule has 1 N–H and O–H groups in total. The van der Waals surface area contributed by atoms with E-state index in [2.05, 4.69) is 75.5 Å². The van der Waals surface area contributed by atoms with Crippen LogP contribution >= 0.6 is 0 Å². The lowest BCUT2D eigenvalue weighted by molar-refractivity contribution is 0.709. The number of nitrogens with zero attached hydrogens (tertiary/aromatic N) is 1. The van der Waals surface area contributed by atoms with Gasteiger partial charge in [0.15, 0.2) is 0 Å². The standard InChI is InChI=1S/C18H24N2/c1-13(2)19-18(20-14(3)4)12-15-9-10-16-7-5-6-8-17(16)11-15/h5-11,13-14H,12H2,1-4H3,(H,19,20). The first kappa shape index (κ1) is 14.6. The van der Waals surface area contributed by atoms with Crippen molar-refractivity contribution in [3.05, 3.63) is 48.0 Å². The smallest absolute Gasteiger partial charge is 0.101 e. The number of hydrogen-bond donors (Lipinski definition) is 1. The van der Waals surface area contributed by atoms with Gasteiger partial charge in [0, 0.05) is 18.5 Å². The van der Waals surface area contributed by atoms with Gasteiger partial charge >= 0.3 is 0 Å². The van der Waals surface area contributed by atoms with Gasteiger partial charge in [-0.15, -0.1) is 0 Å². The molecule has 0 bridgehead atoms. The van der Waals surface area contributed by atoms with E-state index in [-0.39, 0.29) is 0 Å². The van der Waals surface area contributed by atoms with Crippen LogP contribution in [0.15, 0.2) is 47.5 Å². The Morgan fingerprint density at radius 2 is 1.70 bits per heavy atom. The van der Waals surface area contributed by atoms with Crippen molar-refractivity contribution in [1.29, 1.82) is 0 Å². The molecule has 0 unspecified atom stereocenters. The quantitative estimate of drug-likeness (QED) is 0.652. The van der Waals surface area contributed by atoms with Gasteiger partial charge in [0.2, 0.25) is 0 Å². The average Bonchev–Trinajstić information content (AvgIpc) is 2.37. The molecule has 2 aromatic carbocycles. The SMILES string of the molecule is CC(C)N=C(Cc1ccc2ccccc2c1)NC(C)C. The van der Waals surface area contributed by atoms with Crippen LogP contribution in [0.2, 0.25) is 0 Å². The molecule has 0 saturated heterocycles. The van der Waals surface area contributed by atoms with E-state index in [1.54, 1.807) is 0 Å². The molecule has 0 aliphatic carbocycles. The number of hydrogen-bond acceptors (Lipinski definition) is 1. The molecule has 0 saturated carbocycles. The lowest BCUT2D eigenvalue weighted by Crippen LogP contribution is -2.32. The van der Waals surface area contributed by atoms with Gasteiger partial charge in [0.05, 0.1) is 0 Å². The van der Waals surface area contributed by atoms with E-state index in [1.807, 2.05) is 0 Å². The molecule has 2 nitrogen and oxygen atoms in total. The van der Waals surface area contributed by atoms with Gasteiger partial charge in [-0.1, -0.05) is 42.5 Å². The summed E-state index contributed by atoms with van der Waals surface area (Å²) in [6.07, 6.45) is 0.862. The minimum Gasteiger partial charge on any atom is -0.371 e. The fourth-order valence-electron chi connectivity index (χ4n) is 2.32. The van der Waals surface area contributed by atoms with E-state index in [0.29, 0.717) is 12.1 Å². The summed E-state index contributed by atoms with van der Waals surface area (Å²) >= 11 is 0. The molecule has 0 radical (unpaired) electrons. The molecule has 0 aliphatic heterocycles. The van der Waals surface area contributed by atoms with E-state index in [9.17, 15) is 0 Å². The Bertz CT molecular complexity index is 597. The van der Waals surface area contributed by atoms with E-state index in [4.69, 9.17) is 4.99 Å². The number of amidine groups is 1. The molecule has 0 aliphatic rings. The van der Waals surface area contributed by atoms with E-state index in [1.165, 1.54) is 16.3 Å². The van der Waals surface area contributed by atoms with Crippen molar-refractivity contribution < 1.29 is 0 Å². The third-order valence-electron chi connectivity index (χ3n) is 3.05. The van der Waals surface area contributed by atoms with Crippen molar-refractivity contribution in [3.8, 4) is 0 Å². The molecule has 0 heterocycles. The fraction of sp³-hybridized carbons (Fsp3) is 0.389. The van der Waals surface area contributed by atoms with Crippen LogP contribution in [-0.4, -0.2) is 17.9 Å². The molecule has 106 valence electrons. The Kier molecular flexibility index (Phi) is 4.78. The first-order chi connectivity index (χ1) is 9.54. The van der Waals surface area contributed by atoms with Crippen molar-refractivity contribution in [2.24, 2.45) is 4.99 Å². The van der Waals surface area contributed by atoms with Gasteiger partial charge in [-0.3, -0.25) is 4.99 Å². The molecule has 0 spiro atoms. The first-order valence-electron chi connectivity index (χ1n) is 7.35. The zero-order valence-corrected chi connectivity index (χ0v) is 12.9. The molecule has 2 heteroatoms. The minimum absolute atomic E-state index is 0.316. The monoisotopic (exact) mass is 268 g/mol. The van der Waals surface area contributed by atoms with Gasteiger partial charge < -0.3 is 5.32 Å². The highest BCUT2D eigenvalue weighted by molar-refractivity contribution is 5.87. The number of rotatable bonds is 4. The van der Waals surface area contributed by atoms with Gasteiger partial charge in [0.1, 0.15) is 5.84 Å². The maximum atomic E-state index is 4.70. The molecular weight excluding hydrogens is 244 g/mol. The summed E-state index contributed by atoms with van der Waals surface area (Å²) in [6, 6.07) is 15.8. The Labute approximate surface area is 121 Å². The van der Waals surface area contributed by atoms with Crippen molar-refractivity contribution >= 4 is 16.6 Å². The maximum absolute atomic E-state index is 4.70. The normalized spacial score (nSPS) is 12.4. The third-order valence-corrected chi connectivity index (χ3v) is 3.05. The number of benzene rings is 2. The van der Waals surface area contributed by atoms with Crippen LogP contribution in [0.4, 0.5) is 0 Å². The van der Waals surface area contributed by atoms with Crippen LogP contribution in [0.25, 0.3) is 10.8 Å². The zero-order chi connectivity index (χ0) is 14.5. The van der Waals surface area contributed by atoms with E-state index >= 15 is 0 Å². The summed E-state index contributed by atoms with van der Waals surface area (Å²) in [5.74, 6) is 1.07. The molecule has 0 fully saturated rings. The van der Waals surface area contributed by atoms with Crippen LogP contribution in [0.3, 0.4) is 0 Å². The first-order valence-corrected chi connectivity index (χ1v) is 7.35. The largest absolute Gasteiger partial charge is 0.371 e. The number of fused-ring (bicyclic) bond motifs is 1. The van der Waals surface area contributed by atoms with Gasteiger partial charge in [-0.2, -0.15) is 0 Å². The van der Waals surface area contributed by atoms with Crippen LogP contribution in [-0.2, 0) is 6.42 Å². The second kappa shape index (κ2) is 6.56. The summed E-state index contributed by atoms with van der Waals surface area (Å²) in [6.45, 7) is 8.53. The highest BCUT2D eigenvalue weighted by Gasteiger charge is 2.05. The predicted octanol–water partition coefficient (Wildman–Crippen LogP) is 4.19. The molecule has 0 amide bonds. The topological polar surface area (TPSA) is 24.4 Å². The molecule has 2 aromatic rings. The average molecular weight is 268 g/mol. The second-order valence-electron chi connectivity index (χ2n) is 5.83. The maximum Gasteiger partial charge on any atom is 0.101 e. The highest BCUT2D eigenvalue weighted by Crippen LogP contribution is 2.16. The Balaban J connectivity index is 2.23. The lowest BCUT2D eigenvalue weighted by atomic mass is 10.0. The molecule has 0 atom stereocenters. The van der Waals surface area contributed by atoms with E-state index < -0.39 is 0 Å². The van der Waals surface area contributed by atoms with Crippen LogP contribution in [0.1, 0.15) is 33.3 Å². The Hall–Kier alpha value is -1.83. The molecular formula is C18H24N2. The molecule has 0 aromatic heterocycles. The summed E-state index contributed by atoms with van der Waals surface area (Å²) in [4.78, 5) is 4.70. The third kappa shape index (κ3) is 4.09. The van der Waals surface area contributed by atoms with Crippen LogP contribution in [0, 0.1) is 0 Å². The minimum atomic E-state index is 0.316. The van der Waals surface area contributed by atoms with Gasteiger partial charge in [0.25, 0.3) is 0 Å². The summed E-state index contributed by atoms with van der Waals surface area (Å²) in [5.41, 5.74) is 1.30. The van der Waals surface area contributed by atoms with Gasteiger partial charge in [-0.05, 0) is 44.0 Å². The van der Waals surface area contributed by atoms with Crippen LogP contribution in [0.5, 0.6) is 0 Å². The van der Waals surface area contributed by atoms with Crippen molar-refractivity contribution in [1.82, 2.24) is 5.32 Å². The zero-order valence-electron chi connectivity index (χ0n) is 12.9. The van der Waals surface area contributed by atoms with Crippen molar-refractivity contribution in [2.75, 3.05) is 0 Å². The molecule has 20 heavy (non-hydrogen) atoms. The number of aliphatic imine (C=N–C) groups is 1. The summed E-state index contributed by atoms with van der Waals surface area (Å²) < 4.78 is 0. The summed E-state index contributed by atoms with van der Waals surface area (Å²) in [5, 5.41) is 6.04. The highest BCUT2D eigenvalue weighted by atomic mass is 15.0. The fourth-order valence-corrected chi connectivity index (χ4v) is 2.32. The second-order valence-corrected chi connectivity index (χ2v) is 5.83. The van der Waals surface area contributed by atoms with E-state index in [0.717, 1.165) is 12.3 Å². The number of nitrogens with one attached hydrogen (secondary N) is 1. The Morgan fingerprint density at radius 3 is 2.35 bits per heavy atom. The van der Waals surface area contributed by atoms with Crippen molar-refractivity contribution in [3.63, 3.8) is 0 Å². The van der Waals surface area contributed by atoms with Gasteiger partial charge in [-0.25, -0.2) is 0 Å². The van der Waals surface area contributed by atoms with Crippen LogP contribution < -0.4 is 5.32 Å². The lowest BCUT2D eigenvalue weighted by Gasteiger charge is -2.15.